The molecule has 0 bridgehead atoms. The molecule has 0 saturated heterocycles. The molecular weight excluding hydrogens is 280 g/mol. The third kappa shape index (κ3) is 3.63. The molecule has 0 fully saturated rings. The van der Waals surface area contributed by atoms with Crippen molar-refractivity contribution in [3.8, 4) is 5.75 Å². The molecule has 0 spiro atoms. The predicted molar refractivity (Wildman–Crippen MR) is 83.6 cm³/mol. The Hall–Kier alpha value is -2.82. The number of rotatable bonds is 5. The molecule has 0 aliphatic heterocycles. The molecule has 0 heterocycles. The van der Waals surface area contributed by atoms with Crippen LogP contribution < -0.4 is 4.74 Å². The van der Waals surface area contributed by atoms with Crippen LogP contribution in [-0.4, -0.2) is 18.7 Å². The smallest absolute Gasteiger partial charge is 0.159 e. The molecule has 2 rings (SSSR count). The van der Waals surface area contributed by atoms with Crippen molar-refractivity contribution in [1.29, 1.82) is 0 Å². The minimum absolute atomic E-state index is 0.0341. The van der Waals surface area contributed by atoms with Crippen LogP contribution in [0.3, 0.4) is 0 Å². The van der Waals surface area contributed by atoms with Gasteiger partial charge in [0.15, 0.2) is 11.6 Å². The van der Waals surface area contributed by atoms with E-state index >= 15 is 0 Å². The number of ether oxygens (including phenoxy) is 1. The number of methoxy groups -OCH3 is 1. The van der Waals surface area contributed by atoms with Crippen molar-refractivity contribution in [2.75, 3.05) is 7.11 Å². The number of hydrogen-bond donors (Lipinski definition) is 0. The zero-order chi connectivity index (χ0) is 16.1. The van der Waals surface area contributed by atoms with Crippen molar-refractivity contribution in [3.05, 3.63) is 53.6 Å². The van der Waals surface area contributed by atoms with Gasteiger partial charge in [-0.2, -0.15) is 5.11 Å². The minimum atomic E-state index is -0.0577. The Morgan fingerprint density at radius 1 is 0.909 bits per heavy atom. The second-order valence-corrected chi connectivity index (χ2v) is 4.75. The van der Waals surface area contributed by atoms with Crippen LogP contribution >= 0.6 is 0 Å². The molecule has 22 heavy (non-hydrogen) atoms. The van der Waals surface area contributed by atoms with E-state index in [0.29, 0.717) is 28.3 Å². The normalized spacial score (nSPS) is 10.7. The standard InChI is InChI=1S/C17H16N2O3/c1-11(20)13-5-4-6-15(9-13)18-19-16-10-14(12(2)21)7-8-17(16)22-3/h4-10H,1-3H3. The van der Waals surface area contributed by atoms with E-state index in [4.69, 9.17) is 4.74 Å². The van der Waals surface area contributed by atoms with E-state index in [1.165, 1.54) is 21.0 Å². The molecular formula is C17H16N2O3. The first-order valence-corrected chi connectivity index (χ1v) is 6.73. The number of ketones is 2. The quantitative estimate of drug-likeness (QED) is 0.602. The summed E-state index contributed by atoms with van der Waals surface area (Å²) in [6.07, 6.45) is 0. The average molecular weight is 296 g/mol. The van der Waals surface area contributed by atoms with Crippen LogP contribution in [0, 0.1) is 0 Å². The molecule has 0 amide bonds. The maximum Gasteiger partial charge on any atom is 0.159 e. The molecule has 5 nitrogen and oxygen atoms in total. The minimum Gasteiger partial charge on any atom is -0.494 e. The van der Waals surface area contributed by atoms with Gasteiger partial charge in [0.05, 0.1) is 12.8 Å². The maximum absolute atomic E-state index is 11.4. The third-order valence-electron chi connectivity index (χ3n) is 3.11. The van der Waals surface area contributed by atoms with Crippen LogP contribution in [0.15, 0.2) is 52.7 Å². The van der Waals surface area contributed by atoms with Gasteiger partial charge < -0.3 is 4.74 Å². The van der Waals surface area contributed by atoms with Crippen molar-refractivity contribution >= 4 is 22.9 Å². The number of azo groups is 1. The van der Waals surface area contributed by atoms with Gasteiger partial charge in [-0.25, -0.2) is 0 Å². The van der Waals surface area contributed by atoms with E-state index in [1.54, 1.807) is 42.5 Å². The largest absolute Gasteiger partial charge is 0.494 e. The molecule has 0 aliphatic rings. The molecule has 0 unspecified atom stereocenters. The highest BCUT2D eigenvalue weighted by Crippen LogP contribution is 2.30. The van der Waals surface area contributed by atoms with Crippen LogP contribution in [0.5, 0.6) is 5.75 Å². The van der Waals surface area contributed by atoms with Gasteiger partial charge in [0.1, 0.15) is 11.4 Å². The summed E-state index contributed by atoms with van der Waals surface area (Å²) in [5, 5.41) is 8.24. The van der Waals surface area contributed by atoms with Gasteiger partial charge in [0.2, 0.25) is 0 Å². The zero-order valence-corrected chi connectivity index (χ0v) is 12.7. The van der Waals surface area contributed by atoms with Gasteiger partial charge in [-0.05, 0) is 44.2 Å². The summed E-state index contributed by atoms with van der Waals surface area (Å²) in [7, 11) is 1.53. The highest BCUT2D eigenvalue weighted by molar-refractivity contribution is 5.95. The van der Waals surface area contributed by atoms with Gasteiger partial charge in [-0.3, -0.25) is 9.59 Å². The molecule has 0 aromatic heterocycles. The number of nitrogens with zero attached hydrogens (tertiary/aromatic N) is 2. The molecule has 0 saturated carbocycles. The summed E-state index contributed by atoms with van der Waals surface area (Å²) in [4.78, 5) is 22.8. The summed E-state index contributed by atoms with van der Waals surface area (Å²) in [6, 6.07) is 11.9. The number of benzene rings is 2. The maximum atomic E-state index is 11.4. The van der Waals surface area contributed by atoms with E-state index in [9.17, 15) is 9.59 Å². The summed E-state index contributed by atoms with van der Waals surface area (Å²) in [6.45, 7) is 2.98. The lowest BCUT2D eigenvalue weighted by Crippen LogP contribution is -1.92. The van der Waals surface area contributed by atoms with Crippen molar-refractivity contribution in [3.63, 3.8) is 0 Å². The fourth-order valence-corrected chi connectivity index (χ4v) is 1.89. The van der Waals surface area contributed by atoms with Crippen molar-refractivity contribution in [2.45, 2.75) is 13.8 Å². The second kappa shape index (κ2) is 6.76. The first kappa shape index (κ1) is 15.6. The molecule has 0 radical (unpaired) electrons. The van der Waals surface area contributed by atoms with Crippen LogP contribution in [0.4, 0.5) is 11.4 Å². The van der Waals surface area contributed by atoms with Gasteiger partial charge in [-0.1, -0.05) is 12.1 Å². The SMILES string of the molecule is COc1ccc(C(C)=O)cc1N=Nc1cccc(C(C)=O)c1. The van der Waals surface area contributed by atoms with Gasteiger partial charge in [-0.15, -0.1) is 5.11 Å². The van der Waals surface area contributed by atoms with Crippen molar-refractivity contribution in [2.24, 2.45) is 10.2 Å². The summed E-state index contributed by atoms with van der Waals surface area (Å²) in [5.41, 5.74) is 2.12. The zero-order valence-electron chi connectivity index (χ0n) is 12.7. The van der Waals surface area contributed by atoms with E-state index in [2.05, 4.69) is 10.2 Å². The fraction of sp³-hybridized carbons (Fsp3) is 0.176. The summed E-state index contributed by atoms with van der Waals surface area (Å²) in [5.74, 6) is 0.433. The average Bonchev–Trinajstić information content (AvgIpc) is 2.52. The molecule has 112 valence electrons. The van der Waals surface area contributed by atoms with Gasteiger partial charge in [0, 0.05) is 11.1 Å². The van der Waals surface area contributed by atoms with Crippen LogP contribution in [0.25, 0.3) is 0 Å². The first-order chi connectivity index (χ1) is 10.5. The highest BCUT2D eigenvalue weighted by Gasteiger charge is 2.07. The Balaban J connectivity index is 2.36. The Bertz CT molecular complexity index is 751. The Labute approximate surface area is 128 Å². The fourth-order valence-electron chi connectivity index (χ4n) is 1.89. The van der Waals surface area contributed by atoms with Crippen LogP contribution in [-0.2, 0) is 0 Å². The Kier molecular flexibility index (Phi) is 4.78. The first-order valence-electron chi connectivity index (χ1n) is 6.73. The predicted octanol–water partition coefficient (Wildman–Crippen LogP) is 4.52. The van der Waals surface area contributed by atoms with Crippen molar-refractivity contribution < 1.29 is 14.3 Å². The number of carbonyl (C=O) groups is 2. The molecule has 2 aromatic rings. The third-order valence-corrected chi connectivity index (χ3v) is 3.11. The van der Waals surface area contributed by atoms with Crippen LogP contribution in [0.1, 0.15) is 34.6 Å². The van der Waals surface area contributed by atoms with E-state index < -0.39 is 0 Å². The molecule has 2 aromatic carbocycles. The lowest BCUT2D eigenvalue weighted by Gasteiger charge is -2.05. The van der Waals surface area contributed by atoms with E-state index in [-0.39, 0.29) is 11.6 Å². The number of Topliss-reactive ketones (excluding diaryl/α,β-unsaturated/α-hetero) is 2. The van der Waals surface area contributed by atoms with Gasteiger partial charge >= 0.3 is 0 Å². The van der Waals surface area contributed by atoms with Gasteiger partial charge in [0.25, 0.3) is 0 Å². The second-order valence-electron chi connectivity index (χ2n) is 4.75. The Morgan fingerprint density at radius 2 is 1.59 bits per heavy atom. The van der Waals surface area contributed by atoms with E-state index in [0.717, 1.165) is 0 Å². The Morgan fingerprint density at radius 3 is 2.23 bits per heavy atom. The topological polar surface area (TPSA) is 68.1 Å². The molecule has 5 heteroatoms. The highest BCUT2D eigenvalue weighted by atomic mass is 16.5. The molecule has 0 aliphatic carbocycles. The lowest BCUT2D eigenvalue weighted by atomic mass is 10.1. The summed E-state index contributed by atoms with van der Waals surface area (Å²) >= 11 is 0. The molecule has 0 atom stereocenters. The molecule has 0 N–H and O–H groups in total. The number of carbonyl (C=O) groups excluding carboxylic acids is 2. The lowest BCUT2D eigenvalue weighted by molar-refractivity contribution is 0.100. The van der Waals surface area contributed by atoms with Crippen molar-refractivity contribution in [1.82, 2.24) is 0 Å². The number of hydrogen-bond acceptors (Lipinski definition) is 5. The summed E-state index contributed by atoms with van der Waals surface area (Å²) < 4.78 is 5.21. The monoisotopic (exact) mass is 296 g/mol. The van der Waals surface area contributed by atoms with E-state index in [1.807, 2.05) is 0 Å². The van der Waals surface area contributed by atoms with Crippen LogP contribution in [0.2, 0.25) is 0 Å².